The highest BCUT2D eigenvalue weighted by atomic mass is 16.2. The molecule has 1 saturated carbocycles. The molecule has 1 aliphatic carbocycles. The first-order chi connectivity index (χ1) is 18.0. The number of hydrogen-bond donors (Lipinski definition) is 1. The number of fused-ring (bicyclic) bond motifs is 1. The Kier molecular flexibility index (Phi) is 7.55. The Morgan fingerprint density at radius 1 is 0.892 bits per heavy atom. The Hall–Kier alpha value is -3.66. The Balaban J connectivity index is 1.56. The third-order valence-electron chi connectivity index (χ3n) is 7.94. The van der Waals surface area contributed by atoms with Crippen molar-refractivity contribution in [2.24, 2.45) is 5.92 Å². The monoisotopic (exact) mass is 492 g/mol. The number of para-hydroxylation sites is 2. The molecule has 1 atom stereocenters. The van der Waals surface area contributed by atoms with E-state index in [9.17, 15) is 9.59 Å². The van der Waals surface area contributed by atoms with E-state index in [1.807, 2.05) is 66.9 Å². The molecule has 5 rings (SSSR count). The van der Waals surface area contributed by atoms with Crippen molar-refractivity contribution < 1.29 is 9.59 Å². The predicted octanol–water partition coefficient (Wildman–Crippen LogP) is 7.64. The summed E-state index contributed by atoms with van der Waals surface area (Å²) in [5.41, 5.74) is 5.91. The Bertz CT molecular complexity index is 1380. The highest BCUT2D eigenvalue weighted by Gasteiger charge is 2.34. The van der Waals surface area contributed by atoms with Gasteiger partial charge in [-0.05, 0) is 60.2 Å². The number of anilines is 1. The molecule has 1 amide bonds. The molecule has 1 N–H and O–H groups in total. The molecule has 4 aromatic rings. The van der Waals surface area contributed by atoms with E-state index in [4.69, 9.17) is 0 Å². The first-order valence-corrected chi connectivity index (χ1v) is 13.5. The van der Waals surface area contributed by atoms with Crippen LogP contribution in [-0.2, 0) is 16.0 Å². The summed E-state index contributed by atoms with van der Waals surface area (Å²) < 4.78 is 0. The maximum absolute atomic E-state index is 14.2. The van der Waals surface area contributed by atoms with Crippen molar-refractivity contribution >= 4 is 28.3 Å². The lowest BCUT2D eigenvalue weighted by Gasteiger charge is -2.33. The number of rotatable bonds is 8. The fourth-order valence-corrected chi connectivity index (χ4v) is 5.75. The number of ketones is 1. The van der Waals surface area contributed by atoms with Gasteiger partial charge in [-0.25, -0.2) is 0 Å². The zero-order chi connectivity index (χ0) is 25.8. The van der Waals surface area contributed by atoms with E-state index in [2.05, 4.69) is 31.0 Å². The Morgan fingerprint density at radius 2 is 1.62 bits per heavy atom. The van der Waals surface area contributed by atoms with Crippen molar-refractivity contribution in [1.82, 2.24) is 4.98 Å². The minimum absolute atomic E-state index is 0.0730. The van der Waals surface area contributed by atoms with E-state index >= 15 is 0 Å². The molecule has 0 bridgehead atoms. The van der Waals surface area contributed by atoms with Gasteiger partial charge in [0.15, 0.2) is 5.78 Å². The summed E-state index contributed by atoms with van der Waals surface area (Å²) in [7, 11) is 0. The minimum Gasteiger partial charge on any atom is -0.361 e. The number of carbonyl (C=O) groups is 2. The number of aromatic nitrogens is 1. The summed E-state index contributed by atoms with van der Waals surface area (Å²) in [5, 5.41) is 1.04. The highest BCUT2D eigenvalue weighted by Crippen LogP contribution is 2.35. The van der Waals surface area contributed by atoms with Gasteiger partial charge in [0.25, 0.3) is 0 Å². The Labute approximate surface area is 219 Å². The SMILES string of the molecule is Cc1ccc(C(C(=O)CC2CCCCC2)N(C(=O)Cc2c[nH]c3ccccc23)c2ccccc2)cc1C. The largest absolute Gasteiger partial charge is 0.361 e. The molecule has 3 aromatic carbocycles. The van der Waals surface area contributed by atoms with Crippen LogP contribution in [0.2, 0.25) is 0 Å². The number of nitrogens with one attached hydrogen (secondary N) is 1. The van der Waals surface area contributed by atoms with Gasteiger partial charge < -0.3 is 4.98 Å². The second-order valence-electron chi connectivity index (χ2n) is 10.6. The summed E-state index contributed by atoms with van der Waals surface area (Å²) in [6.45, 7) is 4.15. The lowest BCUT2D eigenvalue weighted by atomic mass is 9.83. The van der Waals surface area contributed by atoms with Crippen LogP contribution in [0.4, 0.5) is 5.69 Å². The Morgan fingerprint density at radius 3 is 2.38 bits per heavy atom. The van der Waals surface area contributed by atoms with Gasteiger partial charge in [0.05, 0.1) is 6.42 Å². The van der Waals surface area contributed by atoms with Crippen molar-refractivity contribution in [1.29, 1.82) is 0 Å². The normalized spacial score (nSPS) is 15.0. The molecule has 0 aliphatic heterocycles. The van der Waals surface area contributed by atoms with Crippen LogP contribution in [0.3, 0.4) is 0 Å². The number of carbonyl (C=O) groups excluding carboxylic acids is 2. The molecule has 1 aromatic heterocycles. The van der Waals surface area contributed by atoms with Crippen LogP contribution < -0.4 is 4.90 Å². The summed E-state index contributed by atoms with van der Waals surface area (Å²) in [4.78, 5) is 33.4. The molecule has 1 aliphatic rings. The number of Topliss-reactive ketones (excluding diaryl/α,β-unsaturated/α-hetero) is 1. The molecule has 37 heavy (non-hydrogen) atoms. The molecule has 1 unspecified atom stereocenters. The van der Waals surface area contributed by atoms with Crippen LogP contribution in [0, 0.1) is 19.8 Å². The summed E-state index contributed by atoms with van der Waals surface area (Å²) >= 11 is 0. The van der Waals surface area contributed by atoms with Crippen LogP contribution >= 0.6 is 0 Å². The van der Waals surface area contributed by atoms with E-state index in [-0.39, 0.29) is 18.1 Å². The summed E-state index contributed by atoms with van der Waals surface area (Å²) in [6.07, 6.45) is 8.48. The van der Waals surface area contributed by atoms with Crippen LogP contribution in [0.1, 0.15) is 66.8 Å². The summed E-state index contributed by atoms with van der Waals surface area (Å²) in [6, 6.07) is 23.3. The van der Waals surface area contributed by atoms with Crippen molar-refractivity contribution in [3.8, 4) is 0 Å². The molecule has 4 nitrogen and oxygen atoms in total. The van der Waals surface area contributed by atoms with E-state index in [1.54, 1.807) is 4.90 Å². The maximum atomic E-state index is 14.2. The van der Waals surface area contributed by atoms with Gasteiger partial charge in [-0.2, -0.15) is 0 Å². The number of aryl methyl sites for hydroxylation is 2. The molecule has 190 valence electrons. The molecular weight excluding hydrogens is 456 g/mol. The fraction of sp³-hybridized carbons (Fsp3) is 0.333. The van der Waals surface area contributed by atoms with Crippen molar-refractivity contribution in [2.75, 3.05) is 4.90 Å². The standard InChI is InChI=1S/C33H36N2O2/c1-23-17-18-26(19-24(23)2)33(31(36)20-25-11-5-3-6-12-25)35(28-13-7-4-8-14-28)32(37)21-27-22-34-30-16-10-9-15-29(27)30/h4,7-10,13-19,22,25,33-34H,3,5-6,11-12,20-21H2,1-2H3. The van der Waals surface area contributed by atoms with E-state index in [0.29, 0.717) is 12.3 Å². The second kappa shape index (κ2) is 11.2. The quantitative estimate of drug-likeness (QED) is 0.275. The molecule has 0 spiro atoms. The first kappa shape index (κ1) is 25.0. The number of benzene rings is 3. The third kappa shape index (κ3) is 5.53. The third-order valence-corrected chi connectivity index (χ3v) is 7.94. The van der Waals surface area contributed by atoms with Crippen LogP contribution in [-0.4, -0.2) is 16.7 Å². The highest BCUT2D eigenvalue weighted by molar-refractivity contribution is 6.04. The van der Waals surface area contributed by atoms with E-state index in [1.165, 1.54) is 24.8 Å². The lowest BCUT2D eigenvalue weighted by Crippen LogP contribution is -2.40. The zero-order valence-electron chi connectivity index (χ0n) is 21.9. The van der Waals surface area contributed by atoms with E-state index < -0.39 is 6.04 Å². The number of nitrogens with zero attached hydrogens (tertiary/aromatic N) is 1. The van der Waals surface area contributed by atoms with Gasteiger partial charge in [0, 0.05) is 29.2 Å². The van der Waals surface area contributed by atoms with Crippen molar-refractivity contribution in [3.05, 3.63) is 101 Å². The smallest absolute Gasteiger partial charge is 0.232 e. The van der Waals surface area contributed by atoms with Gasteiger partial charge in [0.2, 0.25) is 5.91 Å². The average Bonchev–Trinajstić information content (AvgIpc) is 3.32. The van der Waals surface area contributed by atoms with E-state index in [0.717, 1.165) is 46.1 Å². The number of amides is 1. The molecule has 4 heteroatoms. The molecule has 0 radical (unpaired) electrons. The molecule has 1 fully saturated rings. The van der Waals surface area contributed by atoms with Gasteiger partial charge in [-0.1, -0.05) is 86.7 Å². The number of H-pyrrole nitrogens is 1. The first-order valence-electron chi connectivity index (χ1n) is 13.5. The van der Waals surface area contributed by atoms with Crippen LogP contribution in [0.15, 0.2) is 79.0 Å². The minimum atomic E-state index is -0.652. The van der Waals surface area contributed by atoms with Gasteiger partial charge in [0.1, 0.15) is 6.04 Å². The van der Waals surface area contributed by atoms with Gasteiger partial charge >= 0.3 is 0 Å². The zero-order valence-corrected chi connectivity index (χ0v) is 21.9. The van der Waals surface area contributed by atoms with Crippen molar-refractivity contribution in [2.45, 2.75) is 64.8 Å². The van der Waals surface area contributed by atoms with Crippen molar-refractivity contribution in [3.63, 3.8) is 0 Å². The van der Waals surface area contributed by atoms with Crippen LogP contribution in [0.5, 0.6) is 0 Å². The van der Waals surface area contributed by atoms with Gasteiger partial charge in [-0.15, -0.1) is 0 Å². The number of aromatic amines is 1. The average molecular weight is 493 g/mol. The molecule has 1 heterocycles. The molecular formula is C33H36N2O2. The topological polar surface area (TPSA) is 53.2 Å². The lowest BCUT2D eigenvalue weighted by molar-refractivity contribution is -0.125. The van der Waals surface area contributed by atoms with Gasteiger partial charge in [-0.3, -0.25) is 14.5 Å². The molecule has 0 saturated heterocycles. The maximum Gasteiger partial charge on any atom is 0.232 e. The summed E-state index contributed by atoms with van der Waals surface area (Å²) in [5.74, 6) is 0.457. The fourth-order valence-electron chi connectivity index (χ4n) is 5.75. The number of hydrogen-bond acceptors (Lipinski definition) is 2. The van der Waals surface area contributed by atoms with Crippen LogP contribution in [0.25, 0.3) is 10.9 Å². The predicted molar refractivity (Wildman–Crippen MR) is 151 cm³/mol. The second-order valence-corrected chi connectivity index (χ2v) is 10.6.